The van der Waals surface area contributed by atoms with Crippen molar-refractivity contribution in [1.82, 2.24) is 5.32 Å². The molecule has 0 aromatic heterocycles. The van der Waals surface area contributed by atoms with Crippen LogP contribution in [-0.2, 0) is 9.59 Å². The lowest BCUT2D eigenvalue weighted by atomic mass is 9.74. The molecule has 2 N–H and O–H groups in total. The molecule has 1 amide bonds. The number of amides is 1. The van der Waals surface area contributed by atoms with Gasteiger partial charge in [-0.15, -0.1) is 11.8 Å². The fourth-order valence-corrected chi connectivity index (χ4v) is 3.05. The molecule has 1 fully saturated rings. The largest absolute Gasteiger partial charge is 0.481 e. The van der Waals surface area contributed by atoms with Gasteiger partial charge < -0.3 is 10.4 Å². The van der Waals surface area contributed by atoms with E-state index < -0.39 is 11.5 Å². The molecular weight excluding hydrogens is 274 g/mol. The highest BCUT2D eigenvalue weighted by Crippen LogP contribution is 2.35. The maximum atomic E-state index is 11.9. The molecule has 1 aliphatic carbocycles. The first-order valence-corrected chi connectivity index (χ1v) is 7.70. The van der Waals surface area contributed by atoms with E-state index in [9.17, 15) is 9.59 Å². The standard InChI is InChI=1S/C15H19NO3S/c1-11-3-5-12(6-4-11)20-10-13(17)16-15(7-2-8-15)9-14(18)19/h3-6H,2,7-10H2,1H3,(H,16,17)(H,18,19). The SMILES string of the molecule is Cc1ccc(SCC(=O)NC2(CC(=O)O)CCC2)cc1. The number of carbonyl (C=O) groups excluding carboxylic acids is 1. The minimum Gasteiger partial charge on any atom is -0.481 e. The third-order valence-corrected chi connectivity index (χ3v) is 4.61. The van der Waals surface area contributed by atoms with Gasteiger partial charge in [-0.25, -0.2) is 0 Å². The number of thioether (sulfide) groups is 1. The van der Waals surface area contributed by atoms with Crippen LogP contribution in [0.1, 0.15) is 31.2 Å². The molecular formula is C15H19NO3S. The fraction of sp³-hybridized carbons (Fsp3) is 0.467. The summed E-state index contributed by atoms with van der Waals surface area (Å²) < 4.78 is 0. The van der Waals surface area contributed by atoms with E-state index in [1.807, 2.05) is 31.2 Å². The number of rotatable bonds is 6. The number of hydrogen-bond donors (Lipinski definition) is 2. The number of benzene rings is 1. The van der Waals surface area contributed by atoms with E-state index >= 15 is 0 Å². The van der Waals surface area contributed by atoms with E-state index in [-0.39, 0.29) is 12.3 Å². The summed E-state index contributed by atoms with van der Waals surface area (Å²) in [5.41, 5.74) is 0.685. The molecule has 0 saturated heterocycles. The minimum atomic E-state index is -0.851. The molecule has 1 aliphatic rings. The Hall–Kier alpha value is -1.49. The number of hydrogen-bond acceptors (Lipinski definition) is 3. The van der Waals surface area contributed by atoms with Crippen molar-refractivity contribution in [2.75, 3.05) is 5.75 Å². The molecule has 1 saturated carbocycles. The molecule has 0 bridgehead atoms. The van der Waals surface area contributed by atoms with Gasteiger partial charge in [-0.1, -0.05) is 17.7 Å². The molecule has 1 aromatic rings. The highest BCUT2D eigenvalue weighted by molar-refractivity contribution is 8.00. The van der Waals surface area contributed by atoms with Gasteiger partial charge in [0.1, 0.15) is 0 Å². The summed E-state index contributed by atoms with van der Waals surface area (Å²) in [7, 11) is 0. The van der Waals surface area contributed by atoms with Crippen LogP contribution >= 0.6 is 11.8 Å². The fourth-order valence-electron chi connectivity index (χ4n) is 2.35. The molecule has 4 nitrogen and oxygen atoms in total. The topological polar surface area (TPSA) is 66.4 Å². The van der Waals surface area contributed by atoms with E-state index in [4.69, 9.17) is 5.11 Å². The van der Waals surface area contributed by atoms with Gasteiger partial charge in [0.05, 0.1) is 17.7 Å². The Kier molecular flexibility index (Phi) is 4.70. The third-order valence-electron chi connectivity index (χ3n) is 3.60. The van der Waals surface area contributed by atoms with E-state index in [1.54, 1.807) is 0 Å². The Morgan fingerprint density at radius 2 is 1.95 bits per heavy atom. The Morgan fingerprint density at radius 3 is 2.45 bits per heavy atom. The van der Waals surface area contributed by atoms with E-state index in [0.717, 1.165) is 24.2 Å². The van der Waals surface area contributed by atoms with Crippen LogP contribution in [0, 0.1) is 6.92 Å². The Balaban J connectivity index is 1.83. The maximum absolute atomic E-state index is 11.9. The van der Waals surface area contributed by atoms with Crippen LogP contribution in [0.25, 0.3) is 0 Å². The first-order valence-electron chi connectivity index (χ1n) is 6.71. The number of aliphatic carboxylic acids is 1. The monoisotopic (exact) mass is 293 g/mol. The molecule has 0 aliphatic heterocycles. The van der Waals surface area contributed by atoms with Gasteiger partial charge >= 0.3 is 5.97 Å². The molecule has 2 rings (SSSR count). The number of nitrogens with one attached hydrogen (secondary N) is 1. The predicted octanol–water partition coefficient (Wildman–Crippen LogP) is 2.60. The van der Waals surface area contributed by atoms with Crippen LogP contribution in [0.3, 0.4) is 0 Å². The quantitative estimate of drug-likeness (QED) is 0.791. The van der Waals surface area contributed by atoms with Crippen molar-refractivity contribution >= 4 is 23.6 Å². The summed E-state index contributed by atoms with van der Waals surface area (Å²) in [4.78, 5) is 23.8. The van der Waals surface area contributed by atoms with Crippen LogP contribution in [-0.4, -0.2) is 28.3 Å². The second-order valence-electron chi connectivity index (χ2n) is 5.35. The van der Waals surface area contributed by atoms with Crippen molar-refractivity contribution in [3.05, 3.63) is 29.8 Å². The number of carboxylic acid groups (broad SMARTS) is 1. The average molecular weight is 293 g/mol. The normalized spacial score (nSPS) is 16.2. The second kappa shape index (κ2) is 6.31. The zero-order chi connectivity index (χ0) is 14.6. The van der Waals surface area contributed by atoms with Gasteiger partial charge in [-0.2, -0.15) is 0 Å². The molecule has 0 spiro atoms. The number of carbonyl (C=O) groups is 2. The average Bonchev–Trinajstić information content (AvgIpc) is 2.35. The molecule has 108 valence electrons. The van der Waals surface area contributed by atoms with Crippen LogP contribution in [0.4, 0.5) is 0 Å². The Morgan fingerprint density at radius 1 is 1.30 bits per heavy atom. The highest BCUT2D eigenvalue weighted by Gasteiger charge is 2.40. The van der Waals surface area contributed by atoms with Crippen molar-refractivity contribution in [2.24, 2.45) is 0 Å². The summed E-state index contributed by atoms with van der Waals surface area (Å²) >= 11 is 1.47. The van der Waals surface area contributed by atoms with Crippen molar-refractivity contribution in [3.8, 4) is 0 Å². The van der Waals surface area contributed by atoms with E-state index in [0.29, 0.717) is 5.75 Å². The second-order valence-corrected chi connectivity index (χ2v) is 6.40. The molecule has 0 heterocycles. The van der Waals surface area contributed by atoms with Crippen molar-refractivity contribution < 1.29 is 14.7 Å². The van der Waals surface area contributed by atoms with Gasteiger partial charge in [0.25, 0.3) is 0 Å². The van der Waals surface area contributed by atoms with Crippen LogP contribution < -0.4 is 5.32 Å². The maximum Gasteiger partial charge on any atom is 0.305 e. The molecule has 5 heteroatoms. The zero-order valence-corrected chi connectivity index (χ0v) is 12.3. The summed E-state index contributed by atoms with van der Waals surface area (Å²) in [5.74, 6) is -0.613. The van der Waals surface area contributed by atoms with Gasteiger partial charge in [0.2, 0.25) is 5.91 Å². The van der Waals surface area contributed by atoms with Crippen molar-refractivity contribution in [1.29, 1.82) is 0 Å². The Labute approximate surface area is 123 Å². The highest BCUT2D eigenvalue weighted by atomic mass is 32.2. The molecule has 20 heavy (non-hydrogen) atoms. The summed E-state index contributed by atoms with van der Waals surface area (Å²) in [6, 6.07) is 8.00. The zero-order valence-electron chi connectivity index (χ0n) is 11.5. The molecule has 1 aromatic carbocycles. The Bertz CT molecular complexity index is 494. The van der Waals surface area contributed by atoms with E-state index in [2.05, 4.69) is 5.32 Å². The van der Waals surface area contributed by atoms with Gasteiger partial charge in [0, 0.05) is 4.90 Å². The van der Waals surface area contributed by atoms with Gasteiger partial charge in [-0.3, -0.25) is 9.59 Å². The molecule has 0 radical (unpaired) electrons. The van der Waals surface area contributed by atoms with Gasteiger partial charge in [0.15, 0.2) is 0 Å². The van der Waals surface area contributed by atoms with E-state index in [1.165, 1.54) is 17.3 Å². The van der Waals surface area contributed by atoms with Crippen molar-refractivity contribution in [2.45, 2.75) is 43.0 Å². The van der Waals surface area contributed by atoms with Crippen LogP contribution in [0.5, 0.6) is 0 Å². The first kappa shape index (κ1) is 14.9. The molecule has 0 atom stereocenters. The lowest BCUT2D eigenvalue weighted by molar-refractivity contribution is -0.140. The summed E-state index contributed by atoms with van der Waals surface area (Å²) in [5, 5.41) is 11.8. The number of carboxylic acids is 1. The van der Waals surface area contributed by atoms with Crippen LogP contribution in [0.15, 0.2) is 29.2 Å². The lowest BCUT2D eigenvalue weighted by Gasteiger charge is -2.41. The molecule has 0 unspecified atom stereocenters. The first-order chi connectivity index (χ1) is 9.49. The minimum absolute atomic E-state index is 0.0218. The van der Waals surface area contributed by atoms with Gasteiger partial charge in [-0.05, 0) is 38.3 Å². The third kappa shape index (κ3) is 4.00. The summed E-state index contributed by atoms with van der Waals surface area (Å²) in [6.07, 6.45) is 2.53. The summed E-state index contributed by atoms with van der Waals surface area (Å²) in [6.45, 7) is 2.02. The number of aryl methyl sites for hydroxylation is 1. The van der Waals surface area contributed by atoms with Crippen LogP contribution in [0.2, 0.25) is 0 Å². The smallest absolute Gasteiger partial charge is 0.305 e. The lowest BCUT2D eigenvalue weighted by Crippen LogP contribution is -2.55. The predicted molar refractivity (Wildman–Crippen MR) is 78.9 cm³/mol. The van der Waals surface area contributed by atoms with Crippen molar-refractivity contribution in [3.63, 3.8) is 0 Å².